The number of hydrogen-bond donors (Lipinski definition) is 0. The zero-order valence-electron chi connectivity index (χ0n) is 19.8. The first-order valence-corrected chi connectivity index (χ1v) is 11.8. The first-order valence-electron chi connectivity index (χ1n) is 11.8. The maximum atomic E-state index is 13.2. The molecule has 2 aliphatic carbocycles. The molecule has 1 heterocycles. The summed E-state index contributed by atoms with van der Waals surface area (Å²) in [5.74, 6) is 1.32. The molecule has 5 heteroatoms. The van der Waals surface area contributed by atoms with Crippen molar-refractivity contribution in [3.8, 4) is 5.75 Å². The second-order valence-corrected chi connectivity index (χ2v) is 11.5. The second-order valence-electron chi connectivity index (χ2n) is 11.5. The van der Waals surface area contributed by atoms with E-state index in [1.807, 2.05) is 38.4 Å². The van der Waals surface area contributed by atoms with E-state index in [9.17, 15) is 9.59 Å². The van der Waals surface area contributed by atoms with E-state index in [1.165, 1.54) is 6.42 Å². The smallest absolute Gasteiger partial charge is 0.254 e. The lowest BCUT2D eigenvalue weighted by molar-refractivity contribution is -0.134. The van der Waals surface area contributed by atoms with Gasteiger partial charge in [0.1, 0.15) is 5.75 Å². The highest BCUT2D eigenvalue weighted by molar-refractivity contribution is 5.94. The molecule has 2 atom stereocenters. The molecule has 2 amide bonds. The fourth-order valence-electron chi connectivity index (χ4n) is 6.52. The van der Waals surface area contributed by atoms with Gasteiger partial charge in [0, 0.05) is 38.2 Å². The predicted molar refractivity (Wildman–Crippen MR) is 122 cm³/mol. The Hall–Kier alpha value is -2.04. The van der Waals surface area contributed by atoms with Gasteiger partial charge in [0.2, 0.25) is 5.91 Å². The summed E-state index contributed by atoms with van der Waals surface area (Å²) in [4.78, 5) is 29.2. The Kier molecular flexibility index (Phi) is 5.82. The van der Waals surface area contributed by atoms with Crippen LogP contribution in [0, 0.1) is 16.7 Å². The van der Waals surface area contributed by atoms with E-state index < -0.39 is 0 Å². The Balaban J connectivity index is 1.34. The second kappa shape index (κ2) is 8.14. The van der Waals surface area contributed by atoms with Crippen molar-refractivity contribution in [3.63, 3.8) is 0 Å². The fraction of sp³-hybridized carbons (Fsp3) is 0.692. The number of fused-ring (bicyclic) bond motifs is 2. The van der Waals surface area contributed by atoms with Gasteiger partial charge in [-0.05, 0) is 80.0 Å². The topological polar surface area (TPSA) is 49.9 Å². The number of rotatable bonds is 4. The highest BCUT2D eigenvalue weighted by atomic mass is 16.5. The molecule has 0 N–H and O–H groups in total. The summed E-state index contributed by atoms with van der Waals surface area (Å²) in [7, 11) is 3.65. The summed E-state index contributed by atoms with van der Waals surface area (Å²) < 4.78 is 6.17. The van der Waals surface area contributed by atoms with Crippen LogP contribution < -0.4 is 4.74 Å². The molecule has 170 valence electrons. The van der Waals surface area contributed by atoms with Crippen LogP contribution in [0.15, 0.2) is 24.3 Å². The van der Waals surface area contributed by atoms with Gasteiger partial charge >= 0.3 is 0 Å². The van der Waals surface area contributed by atoms with Crippen molar-refractivity contribution < 1.29 is 14.3 Å². The number of carbonyl (C=O) groups excluding carboxylic acids is 2. The minimum atomic E-state index is 0.126. The van der Waals surface area contributed by atoms with Gasteiger partial charge in [0.15, 0.2) is 0 Å². The Labute approximate surface area is 187 Å². The Morgan fingerprint density at radius 2 is 1.65 bits per heavy atom. The normalized spacial score (nSPS) is 31.9. The van der Waals surface area contributed by atoms with Crippen molar-refractivity contribution in [2.45, 2.75) is 77.9 Å². The number of carbonyl (C=O) groups is 2. The van der Waals surface area contributed by atoms with Crippen molar-refractivity contribution in [2.24, 2.45) is 16.7 Å². The van der Waals surface area contributed by atoms with E-state index in [0.29, 0.717) is 11.5 Å². The number of nitrogens with zero attached hydrogens (tertiary/aromatic N) is 2. The summed E-state index contributed by atoms with van der Waals surface area (Å²) in [5.41, 5.74) is 1.31. The van der Waals surface area contributed by atoms with Crippen LogP contribution >= 0.6 is 0 Å². The monoisotopic (exact) mass is 426 g/mol. The van der Waals surface area contributed by atoms with Gasteiger partial charge in [-0.25, -0.2) is 0 Å². The number of amides is 2. The predicted octanol–water partition coefficient (Wildman–Crippen LogP) is 4.75. The Morgan fingerprint density at radius 3 is 2.26 bits per heavy atom. The standard InChI is InChI=1S/C26H38N2O3/c1-25(2)14-20-15-26(3,16-25)17-28(20)24(30)19-8-12-22(13-9-19)31-21-10-6-18(7-11-21)23(29)27(4)5/h8-9,12-13,18,20-21H,6-7,10-11,14-17H2,1-5H3. The van der Waals surface area contributed by atoms with Gasteiger partial charge in [0.25, 0.3) is 5.91 Å². The lowest BCUT2D eigenvalue weighted by atomic mass is 9.65. The number of hydrogen-bond acceptors (Lipinski definition) is 3. The zero-order valence-corrected chi connectivity index (χ0v) is 19.8. The molecule has 31 heavy (non-hydrogen) atoms. The zero-order chi connectivity index (χ0) is 22.4. The lowest BCUT2D eigenvalue weighted by Gasteiger charge is -2.39. The fourth-order valence-corrected chi connectivity index (χ4v) is 6.52. The van der Waals surface area contributed by atoms with Crippen LogP contribution in [0.1, 0.15) is 76.1 Å². The molecule has 2 saturated carbocycles. The molecule has 3 fully saturated rings. The summed E-state index contributed by atoms with van der Waals surface area (Å²) >= 11 is 0. The highest BCUT2D eigenvalue weighted by Crippen LogP contribution is 2.52. The van der Waals surface area contributed by atoms with Crippen molar-refractivity contribution in [1.82, 2.24) is 9.80 Å². The van der Waals surface area contributed by atoms with Crippen LogP contribution in [-0.4, -0.2) is 54.4 Å². The molecule has 2 bridgehead atoms. The van der Waals surface area contributed by atoms with Crippen LogP contribution in [0.2, 0.25) is 0 Å². The molecule has 1 aromatic carbocycles. The number of ether oxygens (including phenoxy) is 1. The molecule has 3 aliphatic rings. The third-order valence-corrected chi connectivity index (χ3v) is 7.54. The van der Waals surface area contributed by atoms with Gasteiger partial charge in [-0.15, -0.1) is 0 Å². The summed E-state index contributed by atoms with van der Waals surface area (Å²) in [5, 5.41) is 0. The largest absolute Gasteiger partial charge is 0.490 e. The third kappa shape index (κ3) is 4.75. The maximum absolute atomic E-state index is 13.2. The molecule has 1 aliphatic heterocycles. The highest BCUT2D eigenvalue weighted by Gasteiger charge is 2.51. The van der Waals surface area contributed by atoms with E-state index in [4.69, 9.17) is 4.74 Å². The summed E-state index contributed by atoms with van der Waals surface area (Å²) in [6, 6.07) is 8.04. The van der Waals surface area contributed by atoms with E-state index in [2.05, 4.69) is 25.7 Å². The molecule has 2 unspecified atom stereocenters. The molecule has 1 saturated heterocycles. The van der Waals surface area contributed by atoms with Gasteiger partial charge < -0.3 is 14.5 Å². The van der Waals surface area contributed by atoms with E-state index in [0.717, 1.165) is 56.4 Å². The quantitative estimate of drug-likeness (QED) is 0.698. The van der Waals surface area contributed by atoms with Crippen LogP contribution in [0.5, 0.6) is 5.75 Å². The first kappa shape index (κ1) is 22.2. The first-order chi connectivity index (χ1) is 14.6. The summed E-state index contributed by atoms with van der Waals surface area (Å²) in [6.45, 7) is 7.88. The van der Waals surface area contributed by atoms with Crippen LogP contribution in [-0.2, 0) is 4.79 Å². The summed E-state index contributed by atoms with van der Waals surface area (Å²) in [6.07, 6.45) is 7.11. The van der Waals surface area contributed by atoms with E-state index in [1.54, 1.807) is 4.90 Å². The van der Waals surface area contributed by atoms with E-state index >= 15 is 0 Å². The number of likely N-dealkylation sites (tertiary alicyclic amines) is 1. The lowest BCUT2D eigenvalue weighted by Crippen LogP contribution is -2.37. The van der Waals surface area contributed by atoms with E-state index in [-0.39, 0.29) is 29.3 Å². The number of benzene rings is 1. The molecule has 1 aromatic rings. The molecule has 0 spiro atoms. The van der Waals surface area contributed by atoms with Gasteiger partial charge in [0.05, 0.1) is 6.10 Å². The third-order valence-electron chi connectivity index (χ3n) is 7.54. The molecule has 0 radical (unpaired) electrons. The van der Waals surface area contributed by atoms with Crippen LogP contribution in [0.4, 0.5) is 0 Å². The molecule has 5 nitrogen and oxygen atoms in total. The Bertz CT molecular complexity index is 824. The average molecular weight is 427 g/mol. The molecular formula is C26H38N2O3. The Morgan fingerprint density at radius 1 is 1.00 bits per heavy atom. The minimum absolute atomic E-state index is 0.126. The van der Waals surface area contributed by atoms with Crippen LogP contribution in [0.3, 0.4) is 0 Å². The van der Waals surface area contributed by atoms with Crippen molar-refractivity contribution in [2.75, 3.05) is 20.6 Å². The van der Waals surface area contributed by atoms with Crippen molar-refractivity contribution >= 4 is 11.8 Å². The van der Waals surface area contributed by atoms with Gasteiger partial charge in [-0.3, -0.25) is 9.59 Å². The van der Waals surface area contributed by atoms with Crippen LogP contribution in [0.25, 0.3) is 0 Å². The minimum Gasteiger partial charge on any atom is -0.490 e. The maximum Gasteiger partial charge on any atom is 0.254 e. The molecule has 4 rings (SSSR count). The molecule has 0 aromatic heterocycles. The van der Waals surface area contributed by atoms with Gasteiger partial charge in [-0.2, -0.15) is 0 Å². The van der Waals surface area contributed by atoms with Crippen molar-refractivity contribution in [3.05, 3.63) is 29.8 Å². The van der Waals surface area contributed by atoms with Gasteiger partial charge in [-0.1, -0.05) is 20.8 Å². The SMILES string of the molecule is CN(C)C(=O)C1CCC(Oc2ccc(C(=O)N3CC4(C)CC3CC(C)(C)C4)cc2)CC1. The average Bonchev–Trinajstić information content (AvgIpc) is 2.96. The van der Waals surface area contributed by atoms with Crippen molar-refractivity contribution in [1.29, 1.82) is 0 Å². The molecular weight excluding hydrogens is 388 g/mol.